The predicted octanol–water partition coefficient (Wildman–Crippen LogP) is 14.2. The maximum Gasteiger partial charge on any atom is 0.252 e. The molecule has 67 heavy (non-hydrogen) atoms. The highest BCUT2D eigenvalue weighted by Crippen LogP contribution is 2.47. The molecule has 0 unspecified atom stereocenters. The minimum Gasteiger partial charge on any atom is -0.311 e. The first kappa shape index (κ1) is 37.8. The monoisotopic (exact) mass is 854 g/mol. The molecule has 4 heterocycles. The Hall–Kier alpha value is -8.54. The van der Waals surface area contributed by atoms with Crippen LogP contribution in [0.2, 0.25) is 0 Å². The molecule has 0 atom stereocenters. The van der Waals surface area contributed by atoms with Gasteiger partial charge >= 0.3 is 0 Å². The van der Waals surface area contributed by atoms with Gasteiger partial charge in [0.1, 0.15) is 0 Å². The minimum atomic E-state index is -0.0517. The van der Waals surface area contributed by atoms with E-state index < -0.39 is 0 Å². The molecule has 2 aliphatic heterocycles. The van der Waals surface area contributed by atoms with Gasteiger partial charge in [0.15, 0.2) is 0 Å². The predicted molar refractivity (Wildman–Crippen MR) is 284 cm³/mol. The smallest absolute Gasteiger partial charge is 0.252 e. The summed E-state index contributed by atoms with van der Waals surface area (Å²) in [4.78, 5) is 5.05. The molecule has 0 amide bonds. The molecule has 0 fully saturated rings. The minimum absolute atomic E-state index is 0.0517. The van der Waals surface area contributed by atoms with Gasteiger partial charge in [-0.15, -0.1) is 0 Å². The number of hydrogen-bond acceptors (Lipinski definition) is 2. The Labute approximate surface area is 389 Å². The van der Waals surface area contributed by atoms with E-state index in [1.165, 1.54) is 105 Å². The Bertz CT molecular complexity index is 3870. The fraction of sp³-hybridized carbons (Fsp3) is 0.0323. The van der Waals surface area contributed by atoms with Gasteiger partial charge < -0.3 is 18.9 Å². The van der Waals surface area contributed by atoms with E-state index in [1.807, 2.05) is 0 Å². The lowest BCUT2D eigenvalue weighted by Gasteiger charge is -2.44. The van der Waals surface area contributed by atoms with Crippen LogP contribution < -0.4 is 26.2 Å². The van der Waals surface area contributed by atoms with Crippen molar-refractivity contribution in [3.8, 4) is 22.5 Å². The molecule has 14 rings (SSSR count). The van der Waals surface area contributed by atoms with Crippen molar-refractivity contribution in [2.45, 2.75) is 13.8 Å². The third kappa shape index (κ3) is 5.55. The summed E-state index contributed by atoms with van der Waals surface area (Å²) in [6.45, 7) is 4.35. The number of aryl methyl sites for hydroxylation is 2. The van der Waals surface area contributed by atoms with Crippen molar-refractivity contribution in [1.29, 1.82) is 0 Å². The van der Waals surface area contributed by atoms with Crippen LogP contribution in [0.15, 0.2) is 224 Å². The summed E-state index contributed by atoms with van der Waals surface area (Å²) < 4.78 is 4.93. The third-order valence-corrected chi connectivity index (χ3v) is 14.4. The third-order valence-electron chi connectivity index (χ3n) is 14.4. The summed E-state index contributed by atoms with van der Waals surface area (Å²) in [6, 6.07) is 83.5. The Kier molecular flexibility index (Phi) is 8.17. The van der Waals surface area contributed by atoms with Crippen LogP contribution in [0.25, 0.3) is 66.1 Å². The van der Waals surface area contributed by atoms with Gasteiger partial charge in [-0.1, -0.05) is 157 Å². The van der Waals surface area contributed by atoms with Crippen molar-refractivity contribution in [3.63, 3.8) is 0 Å². The largest absolute Gasteiger partial charge is 0.311 e. The second kappa shape index (κ2) is 14.5. The number of aromatic nitrogens is 2. The standard InChI is InChI=1S/C62H43BN4/c1-40-28-32-44(33-29-40)65-58-34-30-41(2)36-51(58)63-52-37-42(46-18-6-11-23-53(46)67-56-26-14-9-21-49(56)50-22-10-15-27-57(50)67)31-35-59(52)64(43-16-4-3-5-17-43)60-38-45(39-61(65)62(60)63)66-54-24-12-7-19-47(54)48-20-8-13-25-55(48)66/h3-39H,1-2H3. The number of nitrogens with zero attached hydrogens (tertiary/aromatic N) is 4. The van der Waals surface area contributed by atoms with Gasteiger partial charge in [0.2, 0.25) is 0 Å². The van der Waals surface area contributed by atoms with Crippen LogP contribution in [0.3, 0.4) is 0 Å². The molecule has 0 radical (unpaired) electrons. The number of para-hydroxylation sites is 6. The number of benzene rings is 10. The van der Waals surface area contributed by atoms with E-state index in [1.54, 1.807) is 0 Å². The molecule has 314 valence electrons. The molecule has 0 spiro atoms. The van der Waals surface area contributed by atoms with Crippen LogP contribution in [0.1, 0.15) is 11.1 Å². The number of fused-ring (bicyclic) bond motifs is 10. The van der Waals surface area contributed by atoms with Crippen LogP contribution in [0, 0.1) is 13.8 Å². The molecule has 4 nitrogen and oxygen atoms in total. The van der Waals surface area contributed by atoms with Crippen molar-refractivity contribution in [3.05, 3.63) is 236 Å². The normalized spacial score (nSPS) is 12.8. The summed E-state index contributed by atoms with van der Waals surface area (Å²) >= 11 is 0. The summed E-state index contributed by atoms with van der Waals surface area (Å²) in [7, 11) is 0. The summed E-state index contributed by atoms with van der Waals surface area (Å²) in [5.74, 6) is 0. The van der Waals surface area contributed by atoms with Gasteiger partial charge in [0.05, 0.1) is 33.4 Å². The van der Waals surface area contributed by atoms with Crippen molar-refractivity contribution in [1.82, 2.24) is 9.13 Å². The van der Waals surface area contributed by atoms with Crippen LogP contribution >= 0.6 is 0 Å². The second-order valence-electron chi connectivity index (χ2n) is 18.3. The van der Waals surface area contributed by atoms with Crippen molar-refractivity contribution >= 4 is 101 Å². The number of anilines is 6. The summed E-state index contributed by atoms with van der Waals surface area (Å²) in [6.07, 6.45) is 0. The highest BCUT2D eigenvalue weighted by Gasteiger charge is 2.44. The molecule has 2 aliphatic rings. The van der Waals surface area contributed by atoms with E-state index in [0.717, 1.165) is 22.7 Å². The zero-order valence-corrected chi connectivity index (χ0v) is 37.2. The fourth-order valence-corrected chi connectivity index (χ4v) is 11.5. The lowest BCUT2D eigenvalue weighted by molar-refractivity contribution is 1.16. The molecule has 5 heteroatoms. The molecule has 0 saturated heterocycles. The first-order chi connectivity index (χ1) is 33.1. The van der Waals surface area contributed by atoms with Crippen molar-refractivity contribution < 1.29 is 0 Å². The first-order valence-corrected chi connectivity index (χ1v) is 23.3. The van der Waals surface area contributed by atoms with Crippen LogP contribution in [-0.2, 0) is 0 Å². The zero-order valence-electron chi connectivity index (χ0n) is 37.2. The SMILES string of the molecule is Cc1ccc(N2c3ccc(C)cc3B3c4cc(-c5ccccc5-n5c6ccccc6c6ccccc65)ccc4N(c4ccccc4)c4cc(-n5c6ccccc6c6ccccc65)cc2c43)cc1. The van der Waals surface area contributed by atoms with Gasteiger partial charge in [-0.25, -0.2) is 0 Å². The van der Waals surface area contributed by atoms with E-state index in [0.29, 0.717) is 0 Å². The van der Waals surface area contributed by atoms with Gasteiger partial charge in [-0.05, 0) is 115 Å². The van der Waals surface area contributed by atoms with Gasteiger partial charge in [0, 0.05) is 61.2 Å². The topological polar surface area (TPSA) is 16.3 Å². The molecule has 12 aromatic rings. The fourth-order valence-electron chi connectivity index (χ4n) is 11.5. The molecule has 0 aliphatic carbocycles. The molecule has 0 N–H and O–H groups in total. The number of rotatable bonds is 5. The van der Waals surface area contributed by atoms with Gasteiger partial charge in [0.25, 0.3) is 6.71 Å². The lowest BCUT2D eigenvalue weighted by atomic mass is 9.33. The van der Waals surface area contributed by atoms with E-state index >= 15 is 0 Å². The molecule has 2 aromatic heterocycles. The van der Waals surface area contributed by atoms with E-state index in [-0.39, 0.29) is 6.71 Å². The Balaban J connectivity index is 1.08. The summed E-state index contributed by atoms with van der Waals surface area (Å²) in [5, 5.41) is 5.01. The second-order valence-corrected chi connectivity index (χ2v) is 18.3. The van der Waals surface area contributed by atoms with E-state index in [4.69, 9.17) is 0 Å². The van der Waals surface area contributed by atoms with Crippen LogP contribution in [0.5, 0.6) is 0 Å². The van der Waals surface area contributed by atoms with Crippen LogP contribution in [0.4, 0.5) is 34.1 Å². The lowest BCUT2D eigenvalue weighted by Crippen LogP contribution is -2.61. The molecular formula is C62H43BN4. The highest BCUT2D eigenvalue weighted by atomic mass is 15.2. The molecule has 0 saturated carbocycles. The van der Waals surface area contributed by atoms with Gasteiger partial charge in [-0.2, -0.15) is 0 Å². The maximum absolute atomic E-state index is 2.53. The average molecular weight is 855 g/mol. The zero-order chi connectivity index (χ0) is 44.3. The maximum atomic E-state index is 2.53. The van der Waals surface area contributed by atoms with Gasteiger partial charge in [-0.3, -0.25) is 0 Å². The molecule has 0 bridgehead atoms. The quantitative estimate of drug-likeness (QED) is 0.160. The van der Waals surface area contributed by atoms with Crippen LogP contribution in [-0.4, -0.2) is 15.8 Å². The Morgan fingerprint density at radius 2 is 0.776 bits per heavy atom. The summed E-state index contributed by atoms with van der Waals surface area (Å²) in [5.41, 5.74) is 22.8. The van der Waals surface area contributed by atoms with E-state index in [9.17, 15) is 0 Å². The van der Waals surface area contributed by atoms with Crippen molar-refractivity contribution in [2.24, 2.45) is 0 Å². The Morgan fingerprint density at radius 1 is 0.313 bits per heavy atom. The highest BCUT2D eigenvalue weighted by molar-refractivity contribution is 7.00. The first-order valence-electron chi connectivity index (χ1n) is 23.3. The Morgan fingerprint density at radius 3 is 1.37 bits per heavy atom. The average Bonchev–Trinajstić information content (AvgIpc) is 3.90. The molecule has 10 aromatic carbocycles. The van der Waals surface area contributed by atoms with Crippen molar-refractivity contribution in [2.75, 3.05) is 9.80 Å². The number of hydrogen-bond donors (Lipinski definition) is 0. The van der Waals surface area contributed by atoms with E-state index in [2.05, 4.69) is 257 Å². The molecular weight excluding hydrogens is 812 g/mol.